The number of hydrogen-bond acceptors (Lipinski definition) is 4. The number of amides is 1. The van der Waals surface area contributed by atoms with Crippen molar-refractivity contribution in [3.8, 4) is 0 Å². The molecule has 6 nitrogen and oxygen atoms in total. The lowest BCUT2D eigenvalue weighted by atomic mass is 10.1. The Morgan fingerprint density at radius 3 is 2.42 bits per heavy atom. The van der Waals surface area contributed by atoms with Gasteiger partial charge in [0.25, 0.3) is 0 Å². The predicted molar refractivity (Wildman–Crippen MR) is 139 cm³/mol. The Balaban J connectivity index is 1.24. The quantitative estimate of drug-likeness (QED) is 0.274. The summed E-state index contributed by atoms with van der Waals surface area (Å²) in [5.74, 6) is 0.240. The van der Waals surface area contributed by atoms with Crippen LogP contribution in [0.25, 0.3) is 0 Å². The molecular weight excluding hydrogens is 455 g/mol. The first kappa shape index (κ1) is 25.3. The largest absolute Gasteiger partial charge is 0.387 e. The number of aromatic nitrogens is 2. The summed E-state index contributed by atoms with van der Waals surface area (Å²) in [5.41, 5.74) is 4.53. The maximum atomic E-state index is 13.2. The average molecular weight is 487 g/mol. The lowest BCUT2D eigenvalue weighted by Gasteiger charge is -2.12. The molecule has 186 valence electrons. The molecule has 4 rings (SSSR count). The Morgan fingerprint density at radius 2 is 1.69 bits per heavy atom. The number of aliphatic hydroxyl groups excluding tert-OH is 1. The van der Waals surface area contributed by atoms with Crippen molar-refractivity contribution >= 4 is 11.6 Å². The summed E-state index contributed by atoms with van der Waals surface area (Å²) in [5, 5.41) is 16.4. The molecule has 0 aliphatic carbocycles. The van der Waals surface area contributed by atoms with Gasteiger partial charge in [-0.1, -0.05) is 54.6 Å². The number of nitrogens with one attached hydrogen (secondary N) is 2. The van der Waals surface area contributed by atoms with Gasteiger partial charge in [0.1, 0.15) is 11.6 Å². The lowest BCUT2D eigenvalue weighted by molar-refractivity contribution is -0.115. The van der Waals surface area contributed by atoms with Crippen LogP contribution in [0.4, 0.5) is 10.1 Å². The van der Waals surface area contributed by atoms with Crippen LogP contribution >= 0.6 is 0 Å². The van der Waals surface area contributed by atoms with Crippen molar-refractivity contribution in [3.63, 3.8) is 0 Å². The van der Waals surface area contributed by atoms with E-state index in [0.717, 1.165) is 41.0 Å². The van der Waals surface area contributed by atoms with E-state index in [1.54, 1.807) is 12.1 Å². The van der Waals surface area contributed by atoms with Crippen LogP contribution in [0.3, 0.4) is 0 Å². The summed E-state index contributed by atoms with van der Waals surface area (Å²) in [6, 6.07) is 23.7. The number of hydrogen-bond donors (Lipinski definition) is 3. The van der Waals surface area contributed by atoms with Gasteiger partial charge in [0, 0.05) is 25.0 Å². The number of nitrogens with zero attached hydrogens (tertiary/aromatic N) is 2. The highest BCUT2D eigenvalue weighted by molar-refractivity contribution is 5.91. The number of anilines is 1. The molecule has 1 atom stereocenters. The van der Waals surface area contributed by atoms with Crippen molar-refractivity contribution in [3.05, 3.63) is 119 Å². The van der Waals surface area contributed by atoms with E-state index in [1.165, 1.54) is 12.1 Å². The smallest absolute Gasteiger partial charge is 0.231 e. The number of halogens is 1. The molecule has 0 fully saturated rings. The zero-order valence-corrected chi connectivity index (χ0v) is 20.3. The number of aryl methyl sites for hydroxylation is 1. The van der Waals surface area contributed by atoms with Crippen LogP contribution in [0.15, 0.2) is 85.1 Å². The summed E-state index contributed by atoms with van der Waals surface area (Å²) in [6.45, 7) is 3.65. The molecule has 3 N–H and O–H groups in total. The predicted octanol–water partition coefficient (Wildman–Crippen LogP) is 4.43. The maximum Gasteiger partial charge on any atom is 0.231 e. The van der Waals surface area contributed by atoms with Gasteiger partial charge in [-0.3, -0.25) is 4.79 Å². The molecule has 3 aromatic carbocycles. The van der Waals surface area contributed by atoms with Crippen molar-refractivity contribution in [1.29, 1.82) is 0 Å². The van der Waals surface area contributed by atoms with Gasteiger partial charge in [-0.25, -0.2) is 9.37 Å². The van der Waals surface area contributed by atoms with Crippen LogP contribution in [-0.4, -0.2) is 33.7 Å². The van der Waals surface area contributed by atoms with E-state index in [4.69, 9.17) is 0 Å². The van der Waals surface area contributed by atoms with Gasteiger partial charge in [0.2, 0.25) is 5.91 Å². The highest BCUT2D eigenvalue weighted by atomic mass is 19.1. The molecule has 0 saturated heterocycles. The molecule has 4 aromatic rings. The van der Waals surface area contributed by atoms with Crippen molar-refractivity contribution < 1.29 is 14.3 Å². The Hall–Kier alpha value is -3.81. The molecule has 1 amide bonds. The number of carbonyl (C=O) groups is 1. The van der Waals surface area contributed by atoms with Gasteiger partial charge in [-0.2, -0.15) is 0 Å². The Labute approximate surface area is 210 Å². The zero-order valence-electron chi connectivity index (χ0n) is 20.3. The lowest BCUT2D eigenvalue weighted by Crippen LogP contribution is -2.23. The van der Waals surface area contributed by atoms with Crippen molar-refractivity contribution in [1.82, 2.24) is 14.9 Å². The van der Waals surface area contributed by atoms with Crippen molar-refractivity contribution in [2.75, 3.05) is 18.4 Å². The first-order chi connectivity index (χ1) is 17.5. The monoisotopic (exact) mass is 486 g/mol. The molecule has 0 aliphatic heterocycles. The van der Waals surface area contributed by atoms with E-state index >= 15 is 0 Å². The second kappa shape index (κ2) is 12.2. The molecule has 36 heavy (non-hydrogen) atoms. The zero-order chi connectivity index (χ0) is 25.3. The molecule has 0 bridgehead atoms. The SMILES string of the molecule is Cc1cn(Cc2ccc(F)cc2)c(CC(=O)Nc2ccc(CCNCC(O)c3ccccc3)cc2)n1. The summed E-state index contributed by atoms with van der Waals surface area (Å²) >= 11 is 0. The fourth-order valence-electron chi connectivity index (χ4n) is 4.03. The molecule has 0 aliphatic rings. The highest BCUT2D eigenvalue weighted by Gasteiger charge is 2.12. The van der Waals surface area contributed by atoms with Gasteiger partial charge >= 0.3 is 0 Å². The van der Waals surface area contributed by atoms with E-state index in [2.05, 4.69) is 15.6 Å². The van der Waals surface area contributed by atoms with Crippen LogP contribution in [0.5, 0.6) is 0 Å². The highest BCUT2D eigenvalue weighted by Crippen LogP contribution is 2.14. The molecule has 0 saturated carbocycles. The Morgan fingerprint density at radius 1 is 1.00 bits per heavy atom. The van der Waals surface area contributed by atoms with Crippen molar-refractivity contribution in [2.45, 2.75) is 32.4 Å². The first-order valence-electron chi connectivity index (χ1n) is 12.1. The van der Waals surface area contributed by atoms with Gasteiger partial charge in [0.15, 0.2) is 0 Å². The number of aliphatic hydroxyl groups is 1. The van der Waals surface area contributed by atoms with Gasteiger partial charge < -0.3 is 20.3 Å². The topological polar surface area (TPSA) is 79.2 Å². The van der Waals surface area contributed by atoms with E-state index < -0.39 is 6.10 Å². The second-order valence-electron chi connectivity index (χ2n) is 8.86. The van der Waals surface area contributed by atoms with Crippen molar-refractivity contribution in [2.24, 2.45) is 0 Å². The first-order valence-corrected chi connectivity index (χ1v) is 12.1. The minimum absolute atomic E-state index is 0.143. The van der Waals surface area contributed by atoms with Crippen LogP contribution in [-0.2, 0) is 24.2 Å². The molecule has 1 unspecified atom stereocenters. The third-order valence-corrected chi connectivity index (χ3v) is 5.91. The van der Waals surface area contributed by atoms with Gasteiger partial charge in [-0.15, -0.1) is 0 Å². The molecule has 1 heterocycles. The fourth-order valence-corrected chi connectivity index (χ4v) is 4.03. The minimum atomic E-state index is -0.529. The van der Waals surface area contributed by atoms with E-state index in [1.807, 2.05) is 72.3 Å². The third-order valence-electron chi connectivity index (χ3n) is 5.91. The van der Waals surface area contributed by atoms with E-state index in [9.17, 15) is 14.3 Å². The number of benzene rings is 3. The number of imidazole rings is 1. The molecule has 1 aromatic heterocycles. The van der Waals surface area contributed by atoms with Gasteiger partial charge in [-0.05, 0) is 60.8 Å². The van der Waals surface area contributed by atoms with E-state index in [0.29, 0.717) is 18.9 Å². The number of rotatable bonds is 11. The molecule has 0 spiro atoms. The molecule has 0 radical (unpaired) electrons. The van der Waals surface area contributed by atoms with Crippen LogP contribution < -0.4 is 10.6 Å². The van der Waals surface area contributed by atoms with Crippen LogP contribution in [0, 0.1) is 12.7 Å². The Bertz CT molecular complexity index is 1250. The second-order valence-corrected chi connectivity index (χ2v) is 8.86. The summed E-state index contributed by atoms with van der Waals surface area (Å²) in [4.78, 5) is 17.2. The van der Waals surface area contributed by atoms with Crippen LogP contribution in [0.2, 0.25) is 0 Å². The molecular formula is C29H31FN4O2. The standard InChI is InChI=1S/C29H31FN4O2/c1-21-19-34(20-23-7-11-25(30)12-8-23)28(32-21)17-29(36)33-26-13-9-22(10-14-26)15-16-31-18-27(35)24-5-3-2-4-6-24/h2-14,19,27,31,35H,15-18,20H2,1H3,(H,33,36). The van der Waals surface area contributed by atoms with Gasteiger partial charge in [0.05, 0.1) is 18.2 Å². The third kappa shape index (κ3) is 7.34. The van der Waals surface area contributed by atoms with E-state index in [-0.39, 0.29) is 18.1 Å². The Kier molecular flexibility index (Phi) is 8.60. The summed E-state index contributed by atoms with van der Waals surface area (Å²) < 4.78 is 15.1. The average Bonchev–Trinajstić information content (AvgIpc) is 3.22. The van der Waals surface area contributed by atoms with Crippen LogP contribution in [0.1, 0.15) is 34.3 Å². The normalized spacial score (nSPS) is 11.9. The minimum Gasteiger partial charge on any atom is -0.387 e. The summed E-state index contributed by atoms with van der Waals surface area (Å²) in [7, 11) is 0. The number of carbonyl (C=O) groups excluding carboxylic acids is 1. The summed E-state index contributed by atoms with van der Waals surface area (Å²) in [6.07, 6.45) is 2.33. The fraction of sp³-hybridized carbons (Fsp3) is 0.241. The maximum absolute atomic E-state index is 13.2. The molecule has 7 heteroatoms.